The molecule has 1 aromatic heterocycles. The van der Waals surface area contributed by atoms with Gasteiger partial charge in [0.05, 0.1) is 12.1 Å². The highest BCUT2D eigenvalue weighted by molar-refractivity contribution is 5.81. The minimum absolute atomic E-state index is 0.00309. The molecule has 1 saturated heterocycles. The molecule has 1 amide bonds. The summed E-state index contributed by atoms with van der Waals surface area (Å²) in [6, 6.07) is 0.706. The summed E-state index contributed by atoms with van der Waals surface area (Å²) in [5.74, 6) is -1.68. The first-order valence-corrected chi connectivity index (χ1v) is 7.90. The molecule has 1 aromatic rings. The number of pyridine rings is 1. The molecule has 0 radical (unpaired) electrons. The van der Waals surface area contributed by atoms with Crippen LogP contribution in [0.2, 0.25) is 0 Å². The lowest BCUT2D eigenvalue weighted by Gasteiger charge is -2.40. The third-order valence-corrected chi connectivity index (χ3v) is 3.69. The highest BCUT2D eigenvalue weighted by Crippen LogP contribution is 2.35. The monoisotopic (exact) mass is 375 g/mol. The number of rotatable bonds is 2. The molecule has 7 nitrogen and oxygen atoms in total. The summed E-state index contributed by atoms with van der Waals surface area (Å²) in [6.07, 6.45) is -4.23. The number of aromatic nitrogens is 1. The Morgan fingerprint density at radius 2 is 1.92 bits per heavy atom. The quantitative estimate of drug-likeness (QED) is 0.856. The number of halogens is 3. The number of carboxylic acid groups (broad SMARTS) is 1. The van der Waals surface area contributed by atoms with Crippen molar-refractivity contribution in [1.82, 2.24) is 9.88 Å². The largest absolute Gasteiger partial charge is 0.480 e. The summed E-state index contributed by atoms with van der Waals surface area (Å²) in [5.41, 5.74) is -1.77. The van der Waals surface area contributed by atoms with Gasteiger partial charge in [-0.2, -0.15) is 13.2 Å². The van der Waals surface area contributed by atoms with E-state index in [0.29, 0.717) is 0 Å². The number of aliphatic carboxylic acids is 1. The summed E-state index contributed by atoms with van der Waals surface area (Å²) >= 11 is 0. The Morgan fingerprint density at radius 3 is 2.46 bits per heavy atom. The number of piperazine rings is 1. The van der Waals surface area contributed by atoms with Gasteiger partial charge in [0.25, 0.3) is 0 Å². The van der Waals surface area contributed by atoms with Gasteiger partial charge in [0.1, 0.15) is 17.5 Å². The van der Waals surface area contributed by atoms with E-state index in [2.05, 4.69) is 4.98 Å². The fraction of sp³-hybridized carbons (Fsp3) is 0.562. The van der Waals surface area contributed by atoms with Gasteiger partial charge in [-0.15, -0.1) is 0 Å². The van der Waals surface area contributed by atoms with Crippen LogP contribution in [0.25, 0.3) is 0 Å². The van der Waals surface area contributed by atoms with E-state index in [4.69, 9.17) is 4.74 Å². The predicted molar refractivity (Wildman–Crippen MR) is 85.8 cm³/mol. The number of hydrogen-bond donors (Lipinski definition) is 1. The number of alkyl halides is 3. The van der Waals surface area contributed by atoms with Crippen LogP contribution in [0.3, 0.4) is 0 Å². The van der Waals surface area contributed by atoms with Gasteiger partial charge in [0, 0.05) is 19.3 Å². The van der Waals surface area contributed by atoms with Crippen molar-refractivity contribution in [3.8, 4) is 0 Å². The van der Waals surface area contributed by atoms with E-state index in [0.717, 1.165) is 17.0 Å². The van der Waals surface area contributed by atoms with E-state index >= 15 is 0 Å². The molecule has 1 aliphatic rings. The summed E-state index contributed by atoms with van der Waals surface area (Å²) in [7, 11) is 0. The van der Waals surface area contributed by atoms with Gasteiger partial charge >= 0.3 is 18.2 Å². The van der Waals surface area contributed by atoms with Crippen molar-refractivity contribution in [2.75, 3.05) is 24.5 Å². The third kappa shape index (κ3) is 4.55. The highest BCUT2D eigenvalue weighted by atomic mass is 19.4. The fourth-order valence-corrected chi connectivity index (χ4v) is 2.60. The minimum atomic E-state index is -4.62. The van der Waals surface area contributed by atoms with E-state index < -0.39 is 35.4 Å². The SMILES string of the molecule is CC(C)(C)OC(=O)N1CCN(c2ncccc2C(F)(F)F)CC1C(=O)O. The van der Waals surface area contributed by atoms with Crippen molar-refractivity contribution in [3.63, 3.8) is 0 Å². The first-order chi connectivity index (χ1) is 11.9. The van der Waals surface area contributed by atoms with Crippen molar-refractivity contribution < 1.29 is 32.6 Å². The van der Waals surface area contributed by atoms with E-state index in [9.17, 15) is 27.9 Å². The van der Waals surface area contributed by atoms with Crippen molar-refractivity contribution in [1.29, 1.82) is 0 Å². The van der Waals surface area contributed by atoms with Gasteiger partial charge in [0.2, 0.25) is 0 Å². The highest BCUT2D eigenvalue weighted by Gasteiger charge is 2.41. The number of nitrogens with zero attached hydrogens (tertiary/aromatic N) is 3. The Morgan fingerprint density at radius 1 is 1.27 bits per heavy atom. The molecule has 1 atom stereocenters. The maximum Gasteiger partial charge on any atom is 0.419 e. The number of hydrogen-bond acceptors (Lipinski definition) is 5. The van der Waals surface area contributed by atoms with Crippen LogP contribution in [-0.2, 0) is 15.7 Å². The summed E-state index contributed by atoms with van der Waals surface area (Å²) < 4.78 is 44.7. The molecule has 1 fully saturated rings. The van der Waals surface area contributed by atoms with E-state index in [-0.39, 0.29) is 25.5 Å². The number of ether oxygens (including phenoxy) is 1. The zero-order chi connectivity index (χ0) is 19.7. The predicted octanol–water partition coefficient (Wildman–Crippen LogP) is 2.61. The van der Waals surface area contributed by atoms with Crippen LogP contribution >= 0.6 is 0 Å². The first kappa shape index (κ1) is 19.8. The zero-order valence-corrected chi connectivity index (χ0v) is 14.6. The first-order valence-electron chi connectivity index (χ1n) is 7.90. The normalized spacial score (nSPS) is 18.6. The molecule has 0 aromatic carbocycles. The van der Waals surface area contributed by atoms with E-state index in [1.807, 2.05) is 0 Å². The minimum Gasteiger partial charge on any atom is -0.480 e. The number of carbonyl (C=O) groups excluding carboxylic acids is 1. The Balaban J connectivity index is 2.26. The number of anilines is 1. The number of carboxylic acids is 1. The molecular weight excluding hydrogens is 355 g/mol. The van der Waals surface area contributed by atoms with Crippen LogP contribution in [-0.4, -0.2) is 58.3 Å². The molecule has 26 heavy (non-hydrogen) atoms. The van der Waals surface area contributed by atoms with Crippen LogP contribution < -0.4 is 4.90 Å². The van der Waals surface area contributed by atoms with E-state index in [1.54, 1.807) is 20.8 Å². The lowest BCUT2D eigenvalue weighted by molar-refractivity contribution is -0.143. The number of carbonyl (C=O) groups is 2. The second kappa shape index (κ2) is 7.00. The van der Waals surface area contributed by atoms with Gasteiger partial charge < -0.3 is 14.7 Å². The van der Waals surface area contributed by atoms with Gasteiger partial charge in [-0.1, -0.05) is 0 Å². The topological polar surface area (TPSA) is 83.0 Å². The molecule has 1 unspecified atom stereocenters. The Kier molecular flexibility index (Phi) is 5.33. The summed E-state index contributed by atoms with van der Waals surface area (Å²) in [5, 5.41) is 9.43. The molecule has 0 bridgehead atoms. The van der Waals surface area contributed by atoms with Crippen molar-refractivity contribution in [3.05, 3.63) is 23.9 Å². The lowest BCUT2D eigenvalue weighted by atomic mass is 10.1. The molecule has 1 aliphatic heterocycles. The van der Waals surface area contributed by atoms with Crippen molar-refractivity contribution in [2.24, 2.45) is 0 Å². The Bertz CT molecular complexity index is 688. The molecular formula is C16H20F3N3O4. The second-order valence-corrected chi connectivity index (χ2v) is 6.85. The van der Waals surface area contributed by atoms with Crippen molar-refractivity contribution in [2.45, 2.75) is 38.6 Å². The zero-order valence-electron chi connectivity index (χ0n) is 14.6. The number of amides is 1. The Hall–Kier alpha value is -2.52. The van der Waals surface area contributed by atoms with Gasteiger partial charge in [-0.25, -0.2) is 14.6 Å². The molecule has 1 N–H and O–H groups in total. The third-order valence-electron chi connectivity index (χ3n) is 3.69. The molecule has 0 saturated carbocycles. The van der Waals surface area contributed by atoms with Crippen LogP contribution in [0.1, 0.15) is 26.3 Å². The lowest BCUT2D eigenvalue weighted by Crippen LogP contribution is -2.59. The molecule has 0 spiro atoms. The summed E-state index contributed by atoms with van der Waals surface area (Å²) in [6.45, 7) is 4.50. The maximum atomic E-state index is 13.2. The molecule has 0 aliphatic carbocycles. The van der Waals surface area contributed by atoms with Crippen LogP contribution in [0, 0.1) is 0 Å². The molecule has 144 valence electrons. The molecule has 10 heteroatoms. The van der Waals surface area contributed by atoms with Gasteiger partial charge in [0.15, 0.2) is 0 Å². The standard InChI is InChI=1S/C16H20F3N3O4/c1-15(2,3)26-14(25)22-8-7-21(9-11(22)13(23)24)12-10(16(17,18)19)5-4-6-20-12/h4-6,11H,7-9H2,1-3H3,(H,23,24). The molecule has 2 heterocycles. The average molecular weight is 375 g/mol. The smallest absolute Gasteiger partial charge is 0.419 e. The second-order valence-electron chi connectivity index (χ2n) is 6.85. The Labute approximate surface area is 148 Å². The van der Waals surface area contributed by atoms with Gasteiger partial charge in [-0.3, -0.25) is 4.90 Å². The summed E-state index contributed by atoms with van der Waals surface area (Å²) in [4.78, 5) is 29.8. The fourth-order valence-electron chi connectivity index (χ4n) is 2.60. The van der Waals surface area contributed by atoms with E-state index in [1.165, 1.54) is 11.1 Å². The average Bonchev–Trinajstić information content (AvgIpc) is 2.51. The van der Waals surface area contributed by atoms with Crippen LogP contribution in [0.5, 0.6) is 0 Å². The van der Waals surface area contributed by atoms with Crippen LogP contribution in [0.15, 0.2) is 18.3 Å². The molecule has 2 rings (SSSR count). The van der Waals surface area contributed by atoms with Crippen LogP contribution in [0.4, 0.5) is 23.8 Å². The van der Waals surface area contributed by atoms with Gasteiger partial charge in [-0.05, 0) is 32.9 Å². The maximum absolute atomic E-state index is 13.2. The van der Waals surface area contributed by atoms with Crippen molar-refractivity contribution >= 4 is 17.9 Å².